The Labute approximate surface area is 154 Å². The molecule has 2 unspecified atom stereocenters. The number of allylic oxidation sites excluding steroid dienone is 1. The van der Waals surface area contributed by atoms with Crippen LogP contribution in [0.15, 0.2) is 41.2 Å². The minimum Gasteiger partial charge on any atom is -0.474 e. The average Bonchev–Trinajstić information content (AvgIpc) is 3.17. The fourth-order valence-corrected chi connectivity index (χ4v) is 3.87. The van der Waals surface area contributed by atoms with Gasteiger partial charge in [0.25, 0.3) is 6.01 Å². The molecule has 2 aliphatic heterocycles. The van der Waals surface area contributed by atoms with Gasteiger partial charge in [-0.15, -0.1) is 0 Å². The smallest absolute Gasteiger partial charge is 0.297 e. The van der Waals surface area contributed by atoms with Crippen LogP contribution in [0.1, 0.15) is 34.1 Å². The van der Waals surface area contributed by atoms with Crippen LogP contribution >= 0.6 is 0 Å². The second-order valence-electron chi connectivity index (χ2n) is 8.05. The highest BCUT2D eigenvalue weighted by molar-refractivity contribution is 5.76. The Morgan fingerprint density at radius 3 is 2.88 bits per heavy atom. The summed E-state index contributed by atoms with van der Waals surface area (Å²) in [6, 6.07) is 8.78. The number of nitrogens with zero attached hydrogens (tertiary/aromatic N) is 3. The van der Waals surface area contributed by atoms with Gasteiger partial charge in [-0.2, -0.15) is 4.98 Å². The summed E-state index contributed by atoms with van der Waals surface area (Å²) in [5.41, 5.74) is 2.33. The molecular formula is C21H27N3O2. The zero-order chi connectivity index (χ0) is 18.3. The predicted octanol–water partition coefficient (Wildman–Crippen LogP) is 4.43. The Morgan fingerprint density at radius 2 is 2.12 bits per heavy atom. The summed E-state index contributed by atoms with van der Waals surface area (Å²) in [5.74, 6) is 1.57. The normalized spacial score (nSPS) is 25.1. The maximum absolute atomic E-state index is 5.95. The summed E-state index contributed by atoms with van der Waals surface area (Å²) in [6.45, 7) is 10.3. The van der Waals surface area contributed by atoms with Crippen molar-refractivity contribution in [1.29, 1.82) is 0 Å². The molecule has 0 saturated carbocycles. The summed E-state index contributed by atoms with van der Waals surface area (Å²) in [7, 11) is 0. The summed E-state index contributed by atoms with van der Waals surface area (Å²) in [5, 5.41) is 0. The summed E-state index contributed by atoms with van der Waals surface area (Å²) >= 11 is 0. The lowest BCUT2D eigenvalue weighted by molar-refractivity contribution is 0.0954. The Balaban J connectivity index is 1.37. The van der Waals surface area contributed by atoms with Crippen molar-refractivity contribution < 1.29 is 9.47 Å². The number of imidazole rings is 1. The molecule has 0 fully saturated rings. The summed E-state index contributed by atoms with van der Waals surface area (Å²) in [6.07, 6.45) is 5.31. The van der Waals surface area contributed by atoms with Gasteiger partial charge in [0.15, 0.2) is 6.10 Å². The molecule has 0 radical (unpaired) electrons. The van der Waals surface area contributed by atoms with Gasteiger partial charge >= 0.3 is 0 Å². The van der Waals surface area contributed by atoms with Gasteiger partial charge in [0.05, 0.1) is 17.6 Å². The number of aliphatic imine (C=N–C) groups is 1. The number of hydrogen-bond donors (Lipinski definition) is 0. The molecule has 5 nitrogen and oxygen atoms in total. The standard InChI is InChI=1S/C21H27N3O2/c1-5-21(3,4)16-11-22-19(10-14(16)2)25-13-15-12-24-18-9-7-6-8-17(18)23-20(24)26-15/h6-11,14-16H,5,12-13H2,1-4H3/t14?,15-,16?/m0/s1. The van der Waals surface area contributed by atoms with Crippen molar-refractivity contribution in [3.63, 3.8) is 0 Å². The lowest BCUT2D eigenvalue weighted by Crippen LogP contribution is -2.31. The third-order valence-corrected chi connectivity index (χ3v) is 5.84. The molecule has 5 heteroatoms. The van der Waals surface area contributed by atoms with E-state index in [1.807, 2.05) is 18.2 Å². The molecule has 1 aromatic heterocycles. The zero-order valence-corrected chi connectivity index (χ0v) is 16.0. The Bertz CT molecular complexity index is 865. The third kappa shape index (κ3) is 3.00. The molecular weight excluding hydrogens is 326 g/mol. The van der Waals surface area contributed by atoms with Crippen molar-refractivity contribution in [2.45, 2.75) is 46.8 Å². The quantitative estimate of drug-likeness (QED) is 0.799. The van der Waals surface area contributed by atoms with E-state index in [1.54, 1.807) is 0 Å². The lowest BCUT2D eigenvalue weighted by Gasteiger charge is -2.35. The topological polar surface area (TPSA) is 48.6 Å². The monoisotopic (exact) mass is 353 g/mol. The van der Waals surface area contributed by atoms with Crippen LogP contribution in [-0.2, 0) is 11.3 Å². The van der Waals surface area contributed by atoms with Gasteiger partial charge in [-0.1, -0.05) is 46.2 Å². The molecule has 3 atom stereocenters. The van der Waals surface area contributed by atoms with Crippen molar-refractivity contribution in [3.8, 4) is 6.01 Å². The predicted molar refractivity (Wildman–Crippen MR) is 103 cm³/mol. The number of rotatable bonds is 5. The van der Waals surface area contributed by atoms with Crippen molar-refractivity contribution in [2.75, 3.05) is 6.61 Å². The zero-order valence-electron chi connectivity index (χ0n) is 16.0. The van der Waals surface area contributed by atoms with E-state index in [0.717, 1.165) is 24.0 Å². The SMILES string of the molecule is CCC(C)(C)C1C=NC(OC[C@@H]2Cn3c(nc4ccccc43)O2)=CC1C. The van der Waals surface area contributed by atoms with Crippen LogP contribution in [0.5, 0.6) is 6.01 Å². The average molecular weight is 353 g/mol. The second kappa shape index (κ2) is 6.45. The van der Waals surface area contributed by atoms with E-state index in [4.69, 9.17) is 9.47 Å². The van der Waals surface area contributed by atoms with Crippen molar-refractivity contribution in [1.82, 2.24) is 9.55 Å². The maximum atomic E-state index is 5.95. The van der Waals surface area contributed by atoms with E-state index in [2.05, 4.69) is 60.6 Å². The molecule has 2 aliphatic rings. The van der Waals surface area contributed by atoms with Crippen molar-refractivity contribution >= 4 is 17.2 Å². The first-order valence-electron chi connectivity index (χ1n) is 9.48. The summed E-state index contributed by atoms with van der Waals surface area (Å²) in [4.78, 5) is 9.10. The lowest BCUT2D eigenvalue weighted by atomic mass is 9.71. The Kier molecular flexibility index (Phi) is 4.25. The van der Waals surface area contributed by atoms with Gasteiger partial charge < -0.3 is 9.47 Å². The molecule has 0 N–H and O–H groups in total. The molecule has 1 aromatic carbocycles. The van der Waals surface area contributed by atoms with Crippen LogP contribution in [0.3, 0.4) is 0 Å². The largest absolute Gasteiger partial charge is 0.474 e. The second-order valence-corrected chi connectivity index (χ2v) is 8.05. The van der Waals surface area contributed by atoms with Crippen LogP contribution in [0.4, 0.5) is 0 Å². The highest BCUT2D eigenvalue weighted by Crippen LogP contribution is 2.37. The molecule has 4 rings (SSSR count). The number of ether oxygens (including phenoxy) is 2. The number of hydrogen-bond acceptors (Lipinski definition) is 4. The molecule has 3 heterocycles. The van der Waals surface area contributed by atoms with E-state index in [1.165, 1.54) is 0 Å². The number of benzene rings is 1. The van der Waals surface area contributed by atoms with E-state index < -0.39 is 0 Å². The van der Waals surface area contributed by atoms with E-state index in [9.17, 15) is 0 Å². The maximum Gasteiger partial charge on any atom is 0.297 e. The number of aromatic nitrogens is 2. The first-order valence-corrected chi connectivity index (χ1v) is 9.48. The van der Waals surface area contributed by atoms with Gasteiger partial charge in [0, 0.05) is 12.1 Å². The molecule has 26 heavy (non-hydrogen) atoms. The highest BCUT2D eigenvalue weighted by Gasteiger charge is 2.33. The van der Waals surface area contributed by atoms with Crippen molar-refractivity contribution in [3.05, 3.63) is 36.2 Å². The van der Waals surface area contributed by atoms with Gasteiger partial charge in [-0.3, -0.25) is 4.57 Å². The van der Waals surface area contributed by atoms with Crippen LogP contribution in [0, 0.1) is 17.3 Å². The Morgan fingerprint density at radius 1 is 1.31 bits per heavy atom. The Hall–Kier alpha value is -2.30. The molecule has 0 saturated heterocycles. The molecule has 0 aliphatic carbocycles. The van der Waals surface area contributed by atoms with Crippen molar-refractivity contribution in [2.24, 2.45) is 22.2 Å². The van der Waals surface area contributed by atoms with Crippen LogP contribution in [-0.4, -0.2) is 28.5 Å². The van der Waals surface area contributed by atoms with Gasteiger partial charge in [-0.05, 0) is 29.5 Å². The molecule has 0 amide bonds. The fourth-order valence-electron chi connectivity index (χ4n) is 3.87. The molecule has 2 aromatic rings. The minimum absolute atomic E-state index is 0.0293. The first kappa shape index (κ1) is 17.1. The molecule has 0 spiro atoms. The minimum atomic E-state index is -0.0293. The van der Waals surface area contributed by atoms with E-state index in [-0.39, 0.29) is 11.5 Å². The van der Waals surface area contributed by atoms with Crippen LogP contribution in [0.2, 0.25) is 0 Å². The first-order chi connectivity index (χ1) is 12.5. The van der Waals surface area contributed by atoms with Gasteiger partial charge in [-0.25, -0.2) is 4.99 Å². The van der Waals surface area contributed by atoms with Gasteiger partial charge in [0.2, 0.25) is 5.88 Å². The van der Waals surface area contributed by atoms with Crippen LogP contribution in [0.25, 0.3) is 11.0 Å². The fraction of sp³-hybridized carbons (Fsp3) is 0.524. The number of fused-ring (bicyclic) bond motifs is 3. The molecule has 138 valence electrons. The summed E-state index contributed by atoms with van der Waals surface area (Å²) < 4.78 is 14.0. The van der Waals surface area contributed by atoms with Crippen LogP contribution < -0.4 is 4.74 Å². The number of para-hydroxylation sites is 2. The van der Waals surface area contributed by atoms with E-state index >= 15 is 0 Å². The van der Waals surface area contributed by atoms with Gasteiger partial charge in [0.1, 0.15) is 6.61 Å². The highest BCUT2D eigenvalue weighted by atomic mass is 16.6. The third-order valence-electron chi connectivity index (χ3n) is 5.84. The van der Waals surface area contributed by atoms with E-state index in [0.29, 0.717) is 30.3 Å². The molecule has 0 bridgehead atoms.